The fourth-order valence-electron chi connectivity index (χ4n) is 3.68. The molecular formula is C23H16FNO2. The maximum atomic E-state index is 14.5. The first-order chi connectivity index (χ1) is 13.2. The molecule has 1 aliphatic heterocycles. The number of ether oxygens (including phenoxy) is 1. The van der Waals surface area contributed by atoms with E-state index in [1.165, 1.54) is 6.07 Å². The third-order valence-electron chi connectivity index (χ3n) is 4.83. The molecule has 3 nitrogen and oxygen atoms in total. The molecule has 0 bridgehead atoms. The minimum absolute atomic E-state index is 0.220. The second kappa shape index (κ2) is 6.09. The molecular weight excluding hydrogens is 341 g/mol. The van der Waals surface area contributed by atoms with E-state index in [1.54, 1.807) is 25.1 Å². The molecule has 5 rings (SSSR count). The topological polar surface area (TPSA) is 35.3 Å². The number of aromatic nitrogens is 1. The highest BCUT2D eigenvalue weighted by molar-refractivity contribution is 5.67. The molecule has 0 amide bonds. The Kier molecular flexibility index (Phi) is 3.57. The van der Waals surface area contributed by atoms with E-state index >= 15 is 0 Å². The maximum Gasteiger partial charge on any atom is 0.191 e. The third-order valence-corrected chi connectivity index (χ3v) is 4.83. The predicted octanol–water partition coefficient (Wildman–Crippen LogP) is 6.08. The minimum atomic E-state index is -0.319. The molecule has 1 aromatic heterocycles. The van der Waals surface area contributed by atoms with Crippen molar-refractivity contribution in [2.24, 2.45) is 0 Å². The van der Waals surface area contributed by atoms with E-state index in [2.05, 4.69) is 4.98 Å². The van der Waals surface area contributed by atoms with Crippen LogP contribution >= 0.6 is 0 Å². The molecule has 4 heteroatoms. The number of aryl methyl sites for hydroxylation is 1. The molecule has 0 saturated carbocycles. The summed E-state index contributed by atoms with van der Waals surface area (Å²) in [6.45, 7) is 1.78. The molecule has 0 N–H and O–H groups in total. The second-order valence-corrected chi connectivity index (χ2v) is 6.54. The summed E-state index contributed by atoms with van der Waals surface area (Å²) in [7, 11) is 0. The molecule has 0 aliphatic carbocycles. The summed E-state index contributed by atoms with van der Waals surface area (Å²) in [5.74, 6) is 2.14. The van der Waals surface area contributed by atoms with Crippen LogP contribution in [0.2, 0.25) is 0 Å². The largest absolute Gasteiger partial charge is 0.457 e. The van der Waals surface area contributed by atoms with Crippen LogP contribution in [0.25, 0.3) is 11.3 Å². The van der Waals surface area contributed by atoms with E-state index in [1.807, 2.05) is 48.5 Å². The van der Waals surface area contributed by atoms with Gasteiger partial charge in [-0.15, -0.1) is 0 Å². The van der Waals surface area contributed by atoms with Crippen LogP contribution in [-0.2, 0) is 0 Å². The number of hydrogen-bond donors (Lipinski definition) is 0. The van der Waals surface area contributed by atoms with Crippen molar-refractivity contribution in [1.29, 1.82) is 0 Å². The molecule has 2 heterocycles. The molecule has 0 spiro atoms. The summed E-state index contributed by atoms with van der Waals surface area (Å²) in [5.41, 5.74) is 2.92. The van der Waals surface area contributed by atoms with Gasteiger partial charge in [-0.05, 0) is 24.3 Å². The van der Waals surface area contributed by atoms with E-state index in [9.17, 15) is 4.39 Å². The second-order valence-electron chi connectivity index (χ2n) is 6.54. The van der Waals surface area contributed by atoms with Gasteiger partial charge in [-0.2, -0.15) is 0 Å². The average molecular weight is 357 g/mol. The van der Waals surface area contributed by atoms with Crippen molar-refractivity contribution < 1.29 is 13.5 Å². The number of benzene rings is 3. The number of fused-ring (bicyclic) bond motifs is 2. The lowest BCUT2D eigenvalue weighted by Gasteiger charge is -2.27. The molecule has 4 aromatic rings. The first-order valence-corrected chi connectivity index (χ1v) is 8.80. The van der Waals surface area contributed by atoms with Crippen molar-refractivity contribution in [3.63, 3.8) is 0 Å². The Hall–Kier alpha value is -3.40. The van der Waals surface area contributed by atoms with Gasteiger partial charge in [0.1, 0.15) is 28.8 Å². The molecule has 0 atom stereocenters. The first-order valence-electron chi connectivity index (χ1n) is 8.80. The molecule has 0 radical (unpaired) electrons. The first kappa shape index (κ1) is 15.8. The summed E-state index contributed by atoms with van der Waals surface area (Å²) in [6, 6.07) is 22.3. The summed E-state index contributed by atoms with van der Waals surface area (Å²) in [4.78, 5) is 4.52. The molecule has 3 aromatic carbocycles. The molecule has 27 heavy (non-hydrogen) atoms. The Morgan fingerprint density at radius 1 is 0.815 bits per heavy atom. The van der Waals surface area contributed by atoms with Gasteiger partial charge in [-0.25, -0.2) is 9.37 Å². The van der Waals surface area contributed by atoms with Crippen molar-refractivity contribution in [3.05, 3.63) is 101 Å². The van der Waals surface area contributed by atoms with Gasteiger partial charge in [0.25, 0.3) is 0 Å². The summed E-state index contributed by atoms with van der Waals surface area (Å²) >= 11 is 0. The number of halogens is 1. The Balaban J connectivity index is 1.79. The van der Waals surface area contributed by atoms with Crippen molar-refractivity contribution in [2.75, 3.05) is 0 Å². The molecule has 0 fully saturated rings. The summed E-state index contributed by atoms with van der Waals surface area (Å²) in [5, 5.41) is 0. The Morgan fingerprint density at radius 3 is 2.07 bits per heavy atom. The van der Waals surface area contributed by atoms with Gasteiger partial charge in [0.2, 0.25) is 0 Å². The number of rotatable bonds is 2. The van der Waals surface area contributed by atoms with E-state index in [0.717, 1.165) is 22.6 Å². The summed E-state index contributed by atoms with van der Waals surface area (Å²) < 4.78 is 26.6. The van der Waals surface area contributed by atoms with E-state index in [-0.39, 0.29) is 11.7 Å². The normalized spacial score (nSPS) is 13.0. The lowest BCUT2D eigenvalue weighted by molar-refractivity contribution is 0.425. The van der Waals surface area contributed by atoms with Gasteiger partial charge in [-0.1, -0.05) is 48.5 Å². The number of hydrogen-bond acceptors (Lipinski definition) is 3. The van der Waals surface area contributed by atoms with Gasteiger partial charge in [-0.3, -0.25) is 0 Å². The van der Waals surface area contributed by atoms with E-state index < -0.39 is 0 Å². The lowest BCUT2D eigenvalue weighted by atomic mass is 9.84. The zero-order chi connectivity index (χ0) is 18.4. The fourth-order valence-corrected chi connectivity index (χ4v) is 3.68. The van der Waals surface area contributed by atoms with Crippen LogP contribution in [0.3, 0.4) is 0 Å². The quantitative estimate of drug-likeness (QED) is 0.384. The van der Waals surface area contributed by atoms with Crippen molar-refractivity contribution in [3.8, 4) is 22.8 Å². The van der Waals surface area contributed by atoms with Crippen LogP contribution < -0.4 is 4.74 Å². The van der Waals surface area contributed by atoms with Crippen LogP contribution in [0.5, 0.6) is 11.5 Å². The number of oxazole rings is 1. The third kappa shape index (κ3) is 2.53. The Morgan fingerprint density at radius 2 is 1.41 bits per heavy atom. The molecule has 0 saturated heterocycles. The summed E-state index contributed by atoms with van der Waals surface area (Å²) in [6.07, 6.45) is 0. The lowest BCUT2D eigenvalue weighted by Crippen LogP contribution is -2.11. The fraction of sp³-hybridized carbons (Fsp3) is 0.0870. The highest BCUT2D eigenvalue weighted by Crippen LogP contribution is 2.49. The Bertz CT molecular complexity index is 1100. The SMILES string of the molecule is Cc1nc(-c2ccccc2F)c(C2c3ccccc3Oc3ccccc32)o1. The predicted molar refractivity (Wildman–Crippen MR) is 101 cm³/mol. The van der Waals surface area contributed by atoms with Gasteiger partial charge in [0, 0.05) is 23.6 Å². The minimum Gasteiger partial charge on any atom is -0.457 e. The zero-order valence-corrected chi connectivity index (χ0v) is 14.6. The zero-order valence-electron chi connectivity index (χ0n) is 14.6. The van der Waals surface area contributed by atoms with Crippen molar-refractivity contribution in [2.45, 2.75) is 12.8 Å². The molecule has 0 unspecified atom stereocenters. The van der Waals surface area contributed by atoms with Crippen molar-refractivity contribution in [1.82, 2.24) is 4.98 Å². The average Bonchev–Trinajstić information content (AvgIpc) is 3.07. The smallest absolute Gasteiger partial charge is 0.191 e. The van der Waals surface area contributed by atoms with Crippen LogP contribution in [0.15, 0.2) is 77.2 Å². The van der Waals surface area contributed by atoms with Crippen LogP contribution in [0, 0.1) is 12.7 Å². The van der Waals surface area contributed by atoms with E-state index in [0.29, 0.717) is 22.9 Å². The Labute approximate surface area is 156 Å². The van der Waals surface area contributed by atoms with E-state index in [4.69, 9.17) is 9.15 Å². The van der Waals surface area contributed by atoms with Gasteiger partial charge in [0.05, 0.1) is 5.92 Å². The van der Waals surface area contributed by atoms with Gasteiger partial charge in [0.15, 0.2) is 5.89 Å². The van der Waals surface area contributed by atoms with Crippen LogP contribution in [-0.4, -0.2) is 4.98 Å². The number of nitrogens with zero attached hydrogens (tertiary/aromatic N) is 1. The monoisotopic (exact) mass is 357 g/mol. The van der Waals surface area contributed by atoms with Crippen LogP contribution in [0.4, 0.5) is 4.39 Å². The maximum absolute atomic E-state index is 14.5. The molecule has 132 valence electrons. The van der Waals surface area contributed by atoms with Gasteiger partial charge < -0.3 is 9.15 Å². The highest BCUT2D eigenvalue weighted by atomic mass is 19.1. The molecule has 1 aliphatic rings. The number of para-hydroxylation sites is 2. The standard InChI is InChI=1S/C23H16FNO2/c1-14-25-22(15-8-2-5-11-18(15)24)23(26-14)21-16-9-3-6-12-19(16)27-20-13-7-4-10-17(20)21/h2-13,21H,1H3. The van der Waals surface area contributed by atoms with Gasteiger partial charge >= 0.3 is 0 Å². The highest BCUT2D eigenvalue weighted by Gasteiger charge is 2.34. The van der Waals surface area contributed by atoms with Crippen LogP contribution in [0.1, 0.15) is 28.7 Å². The van der Waals surface area contributed by atoms with Crippen molar-refractivity contribution >= 4 is 0 Å².